The largest absolute Gasteiger partial charge is 0.472 e. The minimum absolute atomic E-state index is 0.0378. The van der Waals surface area contributed by atoms with E-state index in [9.17, 15) is 19.0 Å². The number of phosphoric acid groups is 1. The highest BCUT2D eigenvalue weighted by Crippen LogP contribution is 2.43. The molecule has 0 aromatic carbocycles. The lowest BCUT2D eigenvalue weighted by Gasteiger charge is -2.27. The van der Waals surface area contributed by atoms with Gasteiger partial charge in [0.2, 0.25) is 5.91 Å². The first-order valence-corrected chi connectivity index (χ1v) is 29.0. The molecule has 0 aliphatic heterocycles. The molecule has 9 nitrogen and oxygen atoms in total. The van der Waals surface area contributed by atoms with Crippen LogP contribution in [0.15, 0.2) is 48.6 Å². The predicted molar refractivity (Wildman–Crippen MR) is 282 cm³/mol. The molecular weight excluding hydrogens is 844 g/mol. The second-order valence-electron chi connectivity index (χ2n) is 19.7. The lowest BCUT2D eigenvalue weighted by molar-refractivity contribution is -0.870. The van der Waals surface area contributed by atoms with Gasteiger partial charge in [0.1, 0.15) is 19.3 Å². The number of esters is 1. The predicted octanol–water partition coefficient (Wildman–Crippen LogP) is 16.2. The van der Waals surface area contributed by atoms with E-state index in [2.05, 4.69) is 62.5 Å². The quantitative estimate of drug-likeness (QED) is 0.0205. The van der Waals surface area contributed by atoms with E-state index in [-0.39, 0.29) is 31.5 Å². The monoisotopic (exact) mass is 950 g/mol. The number of quaternary nitrogens is 1. The van der Waals surface area contributed by atoms with E-state index in [4.69, 9.17) is 13.8 Å². The lowest BCUT2D eigenvalue weighted by Crippen LogP contribution is -2.47. The number of rotatable bonds is 49. The number of nitrogens with zero attached hydrogens (tertiary/aromatic N) is 1. The number of carbonyl (C=O) groups excluding carboxylic acids is 2. The Kier molecular flexibility index (Phi) is 45.3. The van der Waals surface area contributed by atoms with Gasteiger partial charge < -0.3 is 19.4 Å². The zero-order valence-electron chi connectivity index (χ0n) is 43.9. The minimum atomic E-state index is -4.44. The number of hydrogen-bond donors (Lipinski definition) is 2. The lowest BCUT2D eigenvalue weighted by atomic mass is 10.1. The van der Waals surface area contributed by atoms with Crippen LogP contribution >= 0.6 is 7.82 Å². The highest BCUT2D eigenvalue weighted by Gasteiger charge is 2.30. The van der Waals surface area contributed by atoms with Crippen molar-refractivity contribution in [3.63, 3.8) is 0 Å². The maximum atomic E-state index is 13.5. The van der Waals surface area contributed by atoms with Crippen molar-refractivity contribution in [3.05, 3.63) is 48.6 Å². The molecule has 0 fully saturated rings. The molecule has 3 unspecified atom stereocenters. The van der Waals surface area contributed by atoms with Gasteiger partial charge in [-0.3, -0.25) is 18.6 Å². The van der Waals surface area contributed by atoms with Crippen LogP contribution in [0.3, 0.4) is 0 Å². The van der Waals surface area contributed by atoms with Crippen LogP contribution in [-0.2, 0) is 27.9 Å². The van der Waals surface area contributed by atoms with Gasteiger partial charge in [-0.25, -0.2) is 4.57 Å². The number of unbranched alkanes of at least 4 members (excludes halogenated alkanes) is 27. The van der Waals surface area contributed by atoms with Gasteiger partial charge in [-0.05, 0) is 83.1 Å². The molecule has 0 aliphatic carbocycles. The summed E-state index contributed by atoms with van der Waals surface area (Å²) in [6.45, 7) is 6.88. The van der Waals surface area contributed by atoms with E-state index in [0.717, 1.165) is 96.3 Å². The van der Waals surface area contributed by atoms with E-state index >= 15 is 0 Å². The van der Waals surface area contributed by atoms with E-state index < -0.39 is 20.0 Å². The smallest absolute Gasteiger partial charge is 0.456 e. The summed E-state index contributed by atoms with van der Waals surface area (Å²) >= 11 is 0. The molecule has 0 bridgehead atoms. The standard InChI is InChI=1S/C56H105N2O7P/c1-7-10-13-16-19-22-25-27-29-30-33-36-39-42-45-48-55(59)57-53(52-64-66(61,62)63-51-50-58(4,5)6)54(47-44-41-38-35-32-24-21-18-15-12-9-3)65-56(60)49-46-43-40-37-34-31-28-26-23-20-17-14-11-8-2/h11,14,20,22-23,25,44,47,53-54H,7-10,12-13,15-19,21,24,26-43,45-46,48-52H2,1-6H3,(H-,57,59,61,62)/p+1/b14-11+,23-20+,25-22-,47-44+. The fraction of sp³-hybridized carbons (Fsp3) is 0.821. The summed E-state index contributed by atoms with van der Waals surface area (Å²) < 4.78 is 30.5. The zero-order chi connectivity index (χ0) is 48.7. The van der Waals surface area contributed by atoms with E-state index in [1.807, 2.05) is 33.3 Å². The second kappa shape index (κ2) is 46.7. The van der Waals surface area contributed by atoms with E-state index in [1.165, 1.54) is 116 Å². The maximum absolute atomic E-state index is 13.5. The molecule has 3 atom stereocenters. The number of likely N-dealkylation sites (N-methyl/N-ethyl adjacent to an activating group) is 1. The first-order valence-electron chi connectivity index (χ1n) is 27.5. The van der Waals surface area contributed by atoms with Crippen molar-refractivity contribution < 1.29 is 37.3 Å². The van der Waals surface area contributed by atoms with E-state index in [1.54, 1.807) is 0 Å². The zero-order valence-corrected chi connectivity index (χ0v) is 44.8. The molecule has 0 spiro atoms. The van der Waals surface area contributed by atoms with Crippen LogP contribution < -0.4 is 5.32 Å². The Balaban J connectivity index is 5.37. The third-order valence-corrected chi connectivity index (χ3v) is 13.0. The Hall–Kier alpha value is -2.03. The Morgan fingerprint density at radius 3 is 1.47 bits per heavy atom. The molecule has 0 aromatic heterocycles. The maximum Gasteiger partial charge on any atom is 0.472 e. The Labute approximate surface area is 408 Å². The molecule has 0 rings (SSSR count). The second-order valence-corrected chi connectivity index (χ2v) is 21.2. The SMILES string of the molecule is CC/C=C/C/C=C/CCCCCCCCCC(=O)OC(/C=C/CCCCCCCCCCC)C(COP(=O)(O)OCC[N+](C)(C)C)NC(=O)CCCCCCCCC/C=C\CCCCCC. The van der Waals surface area contributed by atoms with Crippen LogP contribution in [0.25, 0.3) is 0 Å². The Morgan fingerprint density at radius 2 is 0.970 bits per heavy atom. The van der Waals surface area contributed by atoms with Crippen LogP contribution in [0, 0.1) is 0 Å². The van der Waals surface area contributed by atoms with Gasteiger partial charge in [0.15, 0.2) is 0 Å². The number of carbonyl (C=O) groups is 2. The first kappa shape index (κ1) is 64.0. The van der Waals surface area contributed by atoms with Crippen LogP contribution in [0.5, 0.6) is 0 Å². The fourth-order valence-corrected chi connectivity index (χ4v) is 8.47. The van der Waals surface area contributed by atoms with Gasteiger partial charge >= 0.3 is 13.8 Å². The summed E-state index contributed by atoms with van der Waals surface area (Å²) in [6.07, 6.45) is 55.3. The van der Waals surface area contributed by atoms with Gasteiger partial charge in [0.25, 0.3) is 0 Å². The molecule has 2 N–H and O–H groups in total. The Bertz CT molecular complexity index is 1280. The van der Waals surface area contributed by atoms with Crippen molar-refractivity contribution >= 4 is 19.7 Å². The molecule has 0 heterocycles. The number of ether oxygens (including phenoxy) is 1. The molecule has 1 amide bonds. The normalized spacial score (nSPS) is 14.2. The molecular formula is C56H106N2O7P+. The van der Waals surface area contributed by atoms with Crippen molar-refractivity contribution in [2.45, 2.75) is 258 Å². The van der Waals surface area contributed by atoms with Crippen LogP contribution in [-0.4, -0.2) is 74.3 Å². The summed E-state index contributed by atoms with van der Waals surface area (Å²) in [7, 11) is 1.49. The van der Waals surface area contributed by atoms with Crippen molar-refractivity contribution in [3.8, 4) is 0 Å². The molecule has 0 aliphatic rings. The van der Waals surface area contributed by atoms with Crippen LogP contribution in [0.2, 0.25) is 0 Å². The minimum Gasteiger partial charge on any atom is -0.456 e. The third kappa shape index (κ3) is 47.1. The molecule has 66 heavy (non-hydrogen) atoms. The number of allylic oxidation sites excluding steroid dienone is 7. The molecule has 0 saturated heterocycles. The van der Waals surface area contributed by atoms with Crippen molar-refractivity contribution in [2.75, 3.05) is 40.9 Å². The highest BCUT2D eigenvalue weighted by atomic mass is 31.2. The molecule has 0 aromatic rings. The molecule has 10 heteroatoms. The average molecular weight is 950 g/mol. The summed E-state index contributed by atoms with van der Waals surface area (Å²) in [4.78, 5) is 37.5. The summed E-state index contributed by atoms with van der Waals surface area (Å²) in [5.74, 6) is -0.519. The molecule has 0 radical (unpaired) electrons. The molecule has 0 saturated carbocycles. The van der Waals surface area contributed by atoms with Crippen molar-refractivity contribution in [2.24, 2.45) is 0 Å². The number of phosphoric ester groups is 1. The van der Waals surface area contributed by atoms with Gasteiger partial charge in [-0.15, -0.1) is 0 Å². The topological polar surface area (TPSA) is 111 Å². The van der Waals surface area contributed by atoms with Crippen LogP contribution in [0.4, 0.5) is 0 Å². The first-order chi connectivity index (χ1) is 31.9. The molecule has 386 valence electrons. The Morgan fingerprint density at radius 1 is 0.545 bits per heavy atom. The number of hydrogen-bond acceptors (Lipinski definition) is 6. The summed E-state index contributed by atoms with van der Waals surface area (Å²) in [6, 6.07) is -0.851. The van der Waals surface area contributed by atoms with Crippen molar-refractivity contribution in [1.29, 1.82) is 0 Å². The van der Waals surface area contributed by atoms with Gasteiger partial charge in [0.05, 0.1) is 33.8 Å². The van der Waals surface area contributed by atoms with Crippen LogP contribution in [0.1, 0.15) is 245 Å². The third-order valence-electron chi connectivity index (χ3n) is 12.0. The highest BCUT2D eigenvalue weighted by molar-refractivity contribution is 7.47. The number of nitrogens with one attached hydrogen (secondary N) is 1. The fourth-order valence-electron chi connectivity index (χ4n) is 7.74. The summed E-state index contributed by atoms with van der Waals surface area (Å²) in [5.41, 5.74) is 0. The van der Waals surface area contributed by atoms with E-state index in [0.29, 0.717) is 17.4 Å². The number of amides is 1. The van der Waals surface area contributed by atoms with Gasteiger partial charge in [-0.1, -0.05) is 198 Å². The van der Waals surface area contributed by atoms with Gasteiger partial charge in [0, 0.05) is 12.8 Å². The summed E-state index contributed by atoms with van der Waals surface area (Å²) in [5, 5.41) is 3.04. The average Bonchev–Trinajstić information content (AvgIpc) is 3.27. The van der Waals surface area contributed by atoms with Crippen molar-refractivity contribution in [1.82, 2.24) is 5.32 Å². The van der Waals surface area contributed by atoms with Gasteiger partial charge in [-0.2, -0.15) is 0 Å².